The predicted octanol–water partition coefficient (Wildman–Crippen LogP) is 4.31. The highest BCUT2D eigenvalue weighted by molar-refractivity contribution is 9.10. The molecule has 0 spiro atoms. The summed E-state index contributed by atoms with van der Waals surface area (Å²) in [6.07, 6.45) is 5.08. The Kier molecular flexibility index (Phi) is 6.11. The van der Waals surface area contributed by atoms with Crippen molar-refractivity contribution in [2.45, 2.75) is 43.0 Å². The fraction of sp³-hybridized carbons (Fsp3) is 0.316. The van der Waals surface area contributed by atoms with Crippen LogP contribution < -0.4 is 10.0 Å². The number of carbonyl (C=O) groups is 1. The number of halogens is 1. The fourth-order valence-electron chi connectivity index (χ4n) is 3.03. The van der Waals surface area contributed by atoms with E-state index in [0.29, 0.717) is 11.3 Å². The van der Waals surface area contributed by atoms with E-state index in [2.05, 4.69) is 26.0 Å². The van der Waals surface area contributed by atoms with Gasteiger partial charge in [-0.05, 0) is 61.4 Å². The lowest BCUT2D eigenvalue weighted by Gasteiger charge is -2.22. The maximum atomic E-state index is 12.5. The van der Waals surface area contributed by atoms with Crippen molar-refractivity contribution < 1.29 is 13.2 Å². The number of benzene rings is 2. The molecule has 0 aliphatic heterocycles. The van der Waals surface area contributed by atoms with E-state index in [1.807, 2.05) is 0 Å². The van der Waals surface area contributed by atoms with Gasteiger partial charge in [-0.3, -0.25) is 4.79 Å². The molecule has 2 aromatic rings. The molecule has 2 N–H and O–H groups in total. The predicted molar refractivity (Wildman–Crippen MR) is 106 cm³/mol. The second-order valence-corrected chi connectivity index (χ2v) is 9.07. The lowest BCUT2D eigenvalue weighted by atomic mass is 9.96. The van der Waals surface area contributed by atoms with Gasteiger partial charge in [0, 0.05) is 21.8 Å². The van der Waals surface area contributed by atoms with Gasteiger partial charge in [0.2, 0.25) is 10.0 Å². The largest absolute Gasteiger partial charge is 0.322 e. The lowest BCUT2D eigenvalue weighted by molar-refractivity contribution is 0.102. The van der Waals surface area contributed by atoms with Crippen LogP contribution in [-0.4, -0.2) is 20.4 Å². The average molecular weight is 437 g/mol. The molecule has 0 heterocycles. The first-order valence-electron chi connectivity index (χ1n) is 8.63. The van der Waals surface area contributed by atoms with E-state index >= 15 is 0 Å². The first kappa shape index (κ1) is 19.1. The summed E-state index contributed by atoms with van der Waals surface area (Å²) in [5.74, 6) is -0.242. The third-order valence-electron chi connectivity index (χ3n) is 4.46. The highest BCUT2D eigenvalue weighted by Gasteiger charge is 2.21. The second kappa shape index (κ2) is 8.33. The van der Waals surface area contributed by atoms with Gasteiger partial charge in [0.15, 0.2) is 0 Å². The van der Waals surface area contributed by atoms with E-state index in [0.717, 1.165) is 30.2 Å². The van der Waals surface area contributed by atoms with Crippen LogP contribution in [0.15, 0.2) is 57.9 Å². The molecule has 3 rings (SSSR count). The molecule has 0 atom stereocenters. The minimum Gasteiger partial charge on any atom is -0.322 e. The summed E-state index contributed by atoms with van der Waals surface area (Å²) in [6, 6.07) is 13.3. The Morgan fingerprint density at radius 3 is 2.15 bits per heavy atom. The number of hydrogen-bond donors (Lipinski definition) is 2. The molecule has 0 aromatic heterocycles. The lowest BCUT2D eigenvalue weighted by Crippen LogP contribution is -2.36. The van der Waals surface area contributed by atoms with Gasteiger partial charge in [-0.1, -0.05) is 35.2 Å². The summed E-state index contributed by atoms with van der Waals surface area (Å²) < 4.78 is 28.6. The third-order valence-corrected chi connectivity index (χ3v) is 6.52. The zero-order valence-electron chi connectivity index (χ0n) is 14.2. The molecule has 5 nitrogen and oxygen atoms in total. The zero-order chi connectivity index (χ0) is 18.6. The summed E-state index contributed by atoms with van der Waals surface area (Å²) in [4.78, 5) is 12.4. The van der Waals surface area contributed by atoms with Crippen LogP contribution in [0, 0.1) is 0 Å². The molecular formula is C19H21BrN2O3S. The van der Waals surface area contributed by atoms with Crippen LogP contribution in [0.3, 0.4) is 0 Å². The van der Waals surface area contributed by atoms with E-state index in [9.17, 15) is 13.2 Å². The average Bonchev–Trinajstić information content (AvgIpc) is 2.63. The monoisotopic (exact) mass is 436 g/mol. The van der Waals surface area contributed by atoms with Crippen molar-refractivity contribution in [3.63, 3.8) is 0 Å². The maximum Gasteiger partial charge on any atom is 0.255 e. The van der Waals surface area contributed by atoms with E-state index < -0.39 is 10.0 Å². The van der Waals surface area contributed by atoms with Gasteiger partial charge in [0.05, 0.1) is 4.90 Å². The van der Waals surface area contributed by atoms with E-state index in [-0.39, 0.29) is 16.8 Å². The van der Waals surface area contributed by atoms with Gasteiger partial charge in [0.25, 0.3) is 5.91 Å². The first-order valence-corrected chi connectivity index (χ1v) is 10.9. The van der Waals surface area contributed by atoms with Crippen molar-refractivity contribution in [2.24, 2.45) is 0 Å². The van der Waals surface area contributed by atoms with Crippen LogP contribution in [0.1, 0.15) is 42.5 Å². The molecule has 138 valence electrons. The van der Waals surface area contributed by atoms with Crippen LogP contribution in [-0.2, 0) is 10.0 Å². The highest BCUT2D eigenvalue weighted by atomic mass is 79.9. The second-order valence-electron chi connectivity index (χ2n) is 6.44. The summed E-state index contributed by atoms with van der Waals surface area (Å²) in [6.45, 7) is 0. The smallest absolute Gasteiger partial charge is 0.255 e. The van der Waals surface area contributed by atoms with Gasteiger partial charge in [-0.25, -0.2) is 13.1 Å². The van der Waals surface area contributed by atoms with Crippen LogP contribution in [0.5, 0.6) is 0 Å². The molecule has 1 aliphatic carbocycles. The van der Waals surface area contributed by atoms with Crippen molar-refractivity contribution >= 4 is 37.5 Å². The number of rotatable bonds is 5. The molecule has 0 saturated heterocycles. The molecule has 0 radical (unpaired) electrons. The Balaban J connectivity index is 1.65. The Labute approximate surface area is 162 Å². The van der Waals surface area contributed by atoms with Crippen molar-refractivity contribution in [3.8, 4) is 0 Å². The van der Waals surface area contributed by atoms with Crippen LogP contribution in [0.25, 0.3) is 0 Å². The molecule has 0 unspecified atom stereocenters. The topological polar surface area (TPSA) is 75.3 Å². The van der Waals surface area contributed by atoms with Gasteiger partial charge in [0.1, 0.15) is 0 Å². The molecule has 1 aliphatic rings. The summed E-state index contributed by atoms with van der Waals surface area (Å²) >= 11 is 3.33. The number of nitrogens with one attached hydrogen (secondary N) is 2. The Hall–Kier alpha value is -1.70. The minimum absolute atomic E-state index is 0.0190. The van der Waals surface area contributed by atoms with Gasteiger partial charge in [-0.2, -0.15) is 0 Å². The zero-order valence-corrected chi connectivity index (χ0v) is 16.6. The molecule has 26 heavy (non-hydrogen) atoms. The van der Waals surface area contributed by atoms with Crippen LogP contribution in [0.2, 0.25) is 0 Å². The maximum absolute atomic E-state index is 12.5. The number of sulfonamides is 1. The Bertz CT molecular complexity index is 859. The number of hydrogen-bond acceptors (Lipinski definition) is 3. The van der Waals surface area contributed by atoms with Gasteiger partial charge < -0.3 is 5.32 Å². The van der Waals surface area contributed by atoms with E-state index in [1.165, 1.54) is 18.6 Å². The number of amides is 1. The van der Waals surface area contributed by atoms with Gasteiger partial charge >= 0.3 is 0 Å². The van der Waals surface area contributed by atoms with Crippen molar-refractivity contribution in [3.05, 3.63) is 58.6 Å². The normalized spacial score (nSPS) is 15.6. The van der Waals surface area contributed by atoms with E-state index in [4.69, 9.17) is 0 Å². The van der Waals surface area contributed by atoms with Gasteiger partial charge in [-0.15, -0.1) is 0 Å². The number of anilines is 1. The Morgan fingerprint density at radius 2 is 1.54 bits per heavy atom. The van der Waals surface area contributed by atoms with E-state index in [1.54, 1.807) is 36.4 Å². The fourth-order valence-corrected chi connectivity index (χ4v) is 4.60. The highest BCUT2D eigenvalue weighted by Crippen LogP contribution is 2.21. The quantitative estimate of drug-likeness (QED) is 0.732. The molecular weight excluding hydrogens is 416 g/mol. The van der Waals surface area contributed by atoms with Crippen LogP contribution >= 0.6 is 15.9 Å². The number of carbonyl (C=O) groups excluding carboxylic acids is 1. The SMILES string of the molecule is O=C(Nc1ccc(S(=O)(=O)NC2CCCCC2)cc1)c1ccc(Br)cc1. The third kappa shape index (κ3) is 4.93. The Morgan fingerprint density at radius 1 is 0.923 bits per heavy atom. The summed E-state index contributed by atoms with van der Waals surface area (Å²) in [5, 5.41) is 2.77. The summed E-state index contributed by atoms with van der Waals surface area (Å²) in [7, 11) is -3.53. The van der Waals surface area contributed by atoms with Crippen molar-refractivity contribution in [2.75, 3.05) is 5.32 Å². The van der Waals surface area contributed by atoms with Crippen molar-refractivity contribution in [1.29, 1.82) is 0 Å². The van der Waals surface area contributed by atoms with Crippen LogP contribution in [0.4, 0.5) is 5.69 Å². The minimum atomic E-state index is -3.53. The summed E-state index contributed by atoms with van der Waals surface area (Å²) in [5.41, 5.74) is 1.08. The molecule has 7 heteroatoms. The molecule has 0 bridgehead atoms. The van der Waals surface area contributed by atoms with Crippen molar-refractivity contribution in [1.82, 2.24) is 4.72 Å². The molecule has 1 amide bonds. The molecule has 1 saturated carbocycles. The standard InChI is InChI=1S/C19H21BrN2O3S/c20-15-8-6-14(7-9-15)19(23)21-16-10-12-18(13-11-16)26(24,25)22-17-4-2-1-3-5-17/h6-13,17,22H,1-5H2,(H,21,23). The first-order chi connectivity index (χ1) is 12.4. The molecule has 1 fully saturated rings. The molecule has 2 aromatic carbocycles.